The Bertz CT molecular complexity index is 299. The molecule has 1 aliphatic heterocycles. The molecule has 0 bridgehead atoms. The van der Waals surface area contributed by atoms with Gasteiger partial charge < -0.3 is 10.0 Å². The first kappa shape index (κ1) is 10.7. The lowest BCUT2D eigenvalue weighted by Crippen LogP contribution is -2.42. The van der Waals surface area contributed by atoms with Gasteiger partial charge in [0.2, 0.25) is 0 Å². The Kier molecular flexibility index (Phi) is 3.39. The molecule has 1 fully saturated rings. The van der Waals surface area contributed by atoms with Gasteiger partial charge in [0.15, 0.2) is 0 Å². The molecule has 1 aromatic rings. The molecule has 2 atom stereocenters. The Labute approximate surface area is 91.5 Å². The molecule has 0 radical (unpaired) electrons. The summed E-state index contributed by atoms with van der Waals surface area (Å²) in [4.78, 5) is 2.36. The van der Waals surface area contributed by atoms with E-state index >= 15 is 0 Å². The van der Waals surface area contributed by atoms with E-state index in [0.29, 0.717) is 6.04 Å². The van der Waals surface area contributed by atoms with Gasteiger partial charge in [0.05, 0.1) is 6.10 Å². The lowest BCUT2D eigenvalue weighted by molar-refractivity contribution is 0.0558. The Morgan fingerprint density at radius 2 is 2.07 bits per heavy atom. The van der Waals surface area contributed by atoms with Crippen LogP contribution in [0.4, 0.5) is 0 Å². The highest BCUT2D eigenvalue weighted by atomic mass is 16.3. The number of piperidine rings is 1. The predicted octanol–water partition coefficient (Wildman–Crippen LogP) is 1.68. The van der Waals surface area contributed by atoms with Gasteiger partial charge in [0, 0.05) is 12.6 Å². The molecule has 0 aliphatic carbocycles. The second-order valence-corrected chi connectivity index (χ2v) is 4.50. The number of likely N-dealkylation sites (N-methyl/N-ethyl adjacent to an activating group) is 1. The first-order valence-electron chi connectivity index (χ1n) is 5.68. The molecule has 1 N–H and O–H groups in total. The zero-order valence-electron chi connectivity index (χ0n) is 9.26. The van der Waals surface area contributed by atoms with E-state index < -0.39 is 0 Å². The minimum atomic E-state index is -0.102. The molecule has 1 aromatic carbocycles. The van der Waals surface area contributed by atoms with E-state index in [1.54, 1.807) is 0 Å². The Morgan fingerprint density at radius 3 is 2.80 bits per heavy atom. The van der Waals surface area contributed by atoms with Gasteiger partial charge in [-0.05, 0) is 31.9 Å². The molecule has 0 amide bonds. The average Bonchev–Trinajstić information content (AvgIpc) is 2.25. The van der Waals surface area contributed by atoms with E-state index in [1.165, 1.54) is 5.56 Å². The summed E-state index contributed by atoms with van der Waals surface area (Å²) in [6.07, 6.45) is 2.77. The fourth-order valence-corrected chi connectivity index (χ4v) is 2.27. The second-order valence-electron chi connectivity index (χ2n) is 4.50. The number of hydrogen-bond acceptors (Lipinski definition) is 2. The van der Waals surface area contributed by atoms with Crippen LogP contribution in [0.25, 0.3) is 0 Å². The largest absolute Gasteiger partial charge is 0.393 e. The number of hydrogen-bond donors (Lipinski definition) is 1. The van der Waals surface area contributed by atoms with E-state index in [4.69, 9.17) is 0 Å². The summed E-state index contributed by atoms with van der Waals surface area (Å²) in [7, 11) is 2.15. The maximum absolute atomic E-state index is 9.65. The van der Waals surface area contributed by atoms with Crippen molar-refractivity contribution >= 4 is 0 Å². The highest BCUT2D eigenvalue weighted by Gasteiger charge is 2.24. The summed E-state index contributed by atoms with van der Waals surface area (Å²) in [5.41, 5.74) is 1.36. The molecule has 15 heavy (non-hydrogen) atoms. The number of benzene rings is 1. The first-order chi connectivity index (χ1) is 7.25. The minimum Gasteiger partial charge on any atom is -0.393 e. The van der Waals surface area contributed by atoms with Crippen molar-refractivity contribution in [3.8, 4) is 0 Å². The van der Waals surface area contributed by atoms with Gasteiger partial charge in [-0.2, -0.15) is 0 Å². The summed E-state index contributed by atoms with van der Waals surface area (Å²) in [6.45, 7) is 1.01. The maximum atomic E-state index is 9.65. The smallest absolute Gasteiger partial charge is 0.0567 e. The second kappa shape index (κ2) is 4.77. The van der Waals surface area contributed by atoms with Crippen molar-refractivity contribution in [2.45, 2.75) is 31.4 Å². The molecule has 1 aliphatic rings. The Balaban J connectivity index is 1.98. The normalized spacial score (nSPS) is 27.9. The lowest BCUT2D eigenvalue weighted by atomic mass is 9.94. The Hall–Kier alpha value is -0.860. The van der Waals surface area contributed by atoms with Gasteiger partial charge in [-0.15, -0.1) is 0 Å². The number of aliphatic hydroxyl groups is 1. The summed E-state index contributed by atoms with van der Waals surface area (Å²) in [5.74, 6) is 0. The van der Waals surface area contributed by atoms with Gasteiger partial charge >= 0.3 is 0 Å². The molecular weight excluding hydrogens is 186 g/mol. The molecule has 82 valence electrons. The minimum absolute atomic E-state index is 0.102. The fraction of sp³-hybridized carbons (Fsp3) is 0.538. The van der Waals surface area contributed by atoms with Crippen molar-refractivity contribution in [1.29, 1.82) is 0 Å². The number of nitrogens with zero attached hydrogens (tertiary/aromatic N) is 1. The van der Waals surface area contributed by atoms with Gasteiger partial charge in [-0.25, -0.2) is 0 Å². The summed E-state index contributed by atoms with van der Waals surface area (Å²) in [6, 6.07) is 11.0. The molecule has 0 aromatic heterocycles. The van der Waals surface area contributed by atoms with Gasteiger partial charge in [0.25, 0.3) is 0 Å². The van der Waals surface area contributed by atoms with Crippen molar-refractivity contribution in [3.05, 3.63) is 35.9 Å². The van der Waals surface area contributed by atoms with E-state index in [0.717, 1.165) is 25.8 Å². The van der Waals surface area contributed by atoms with Crippen molar-refractivity contribution in [1.82, 2.24) is 4.90 Å². The van der Waals surface area contributed by atoms with E-state index in [1.807, 2.05) is 6.07 Å². The van der Waals surface area contributed by atoms with Crippen LogP contribution < -0.4 is 0 Å². The van der Waals surface area contributed by atoms with Crippen molar-refractivity contribution in [2.75, 3.05) is 13.6 Å². The number of rotatable bonds is 2. The monoisotopic (exact) mass is 205 g/mol. The van der Waals surface area contributed by atoms with Crippen LogP contribution in [-0.4, -0.2) is 35.7 Å². The van der Waals surface area contributed by atoms with Crippen LogP contribution in [0, 0.1) is 0 Å². The zero-order chi connectivity index (χ0) is 10.7. The highest BCUT2D eigenvalue weighted by molar-refractivity contribution is 5.16. The van der Waals surface area contributed by atoms with Crippen LogP contribution in [-0.2, 0) is 6.42 Å². The molecule has 0 spiro atoms. The SMILES string of the molecule is CN1CCC(O)CC1Cc1ccccc1. The zero-order valence-corrected chi connectivity index (χ0v) is 9.26. The maximum Gasteiger partial charge on any atom is 0.0567 e. The van der Waals surface area contributed by atoms with Crippen molar-refractivity contribution < 1.29 is 5.11 Å². The third kappa shape index (κ3) is 2.80. The standard InChI is InChI=1S/C13H19NO/c1-14-8-7-13(15)10-12(14)9-11-5-3-2-4-6-11/h2-6,12-13,15H,7-10H2,1H3. The first-order valence-corrected chi connectivity index (χ1v) is 5.68. The molecule has 2 heteroatoms. The third-order valence-corrected chi connectivity index (χ3v) is 3.30. The predicted molar refractivity (Wildman–Crippen MR) is 61.8 cm³/mol. The van der Waals surface area contributed by atoms with Crippen molar-refractivity contribution in [3.63, 3.8) is 0 Å². The molecular formula is C13H19NO. The van der Waals surface area contributed by atoms with Crippen LogP contribution in [0.5, 0.6) is 0 Å². The fourth-order valence-electron chi connectivity index (χ4n) is 2.27. The van der Waals surface area contributed by atoms with Crippen LogP contribution in [0.1, 0.15) is 18.4 Å². The average molecular weight is 205 g/mol. The van der Waals surface area contributed by atoms with Gasteiger partial charge in [-0.3, -0.25) is 0 Å². The molecule has 1 saturated heterocycles. The lowest BCUT2D eigenvalue weighted by Gasteiger charge is -2.35. The molecule has 0 saturated carbocycles. The number of likely N-dealkylation sites (tertiary alicyclic amines) is 1. The van der Waals surface area contributed by atoms with Crippen LogP contribution in [0.3, 0.4) is 0 Å². The van der Waals surface area contributed by atoms with Gasteiger partial charge in [-0.1, -0.05) is 30.3 Å². The van der Waals surface area contributed by atoms with Crippen LogP contribution in [0.2, 0.25) is 0 Å². The van der Waals surface area contributed by atoms with E-state index in [9.17, 15) is 5.11 Å². The van der Waals surface area contributed by atoms with Crippen LogP contribution >= 0.6 is 0 Å². The molecule has 2 nitrogen and oxygen atoms in total. The topological polar surface area (TPSA) is 23.5 Å². The van der Waals surface area contributed by atoms with Gasteiger partial charge in [0.1, 0.15) is 0 Å². The summed E-state index contributed by atoms with van der Waals surface area (Å²) < 4.78 is 0. The molecule has 2 rings (SSSR count). The molecule has 1 heterocycles. The summed E-state index contributed by atoms with van der Waals surface area (Å²) >= 11 is 0. The summed E-state index contributed by atoms with van der Waals surface area (Å²) in [5, 5.41) is 9.65. The third-order valence-electron chi connectivity index (χ3n) is 3.30. The molecule has 2 unspecified atom stereocenters. The van der Waals surface area contributed by atoms with E-state index in [2.05, 4.69) is 36.2 Å². The quantitative estimate of drug-likeness (QED) is 0.794. The number of aliphatic hydroxyl groups excluding tert-OH is 1. The van der Waals surface area contributed by atoms with Crippen molar-refractivity contribution in [2.24, 2.45) is 0 Å². The Morgan fingerprint density at radius 1 is 1.33 bits per heavy atom. The highest BCUT2D eigenvalue weighted by Crippen LogP contribution is 2.19. The van der Waals surface area contributed by atoms with E-state index in [-0.39, 0.29) is 6.10 Å². The van der Waals surface area contributed by atoms with Crippen LogP contribution in [0.15, 0.2) is 30.3 Å².